The molecule has 5 nitrogen and oxygen atoms in total. The van der Waals surface area contributed by atoms with Crippen LogP contribution in [0.15, 0.2) is 39.9 Å². The second kappa shape index (κ2) is 8.41. The molecular weight excluding hydrogens is 330 g/mol. The van der Waals surface area contributed by atoms with Crippen LogP contribution in [0.25, 0.3) is 0 Å². The summed E-state index contributed by atoms with van der Waals surface area (Å²) in [6.45, 7) is 2.48. The van der Waals surface area contributed by atoms with Crippen LogP contribution < -0.4 is 10.2 Å². The minimum Gasteiger partial charge on any atom is -0.466 e. The Bertz CT molecular complexity index is 752. The van der Waals surface area contributed by atoms with Crippen LogP contribution in [0.5, 0.6) is 5.75 Å². The Labute approximate surface area is 144 Å². The maximum absolute atomic E-state index is 12.1. The molecular formula is C18H20F2N2O3. The van der Waals surface area contributed by atoms with Gasteiger partial charge in [0.05, 0.1) is 5.56 Å². The maximum atomic E-state index is 12.1. The molecule has 0 bridgehead atoms. The first-order valence-electron chi connectivity index (χ1n) is 7.79. The van der Waals surface area contributed by atoms with Gasteiger partial charge in [-0.2, -0.15) is 13.9 Å². The van der Waals surface area contributed by atoms with Crippen LogP contribution in [0.2, 0.25) is 0 Å². The molecule has 0 atom stereocenters. The molecule has 0 radical (unpaired) electrons. The van der Waals surface area contributed by atoms with Crippen LogP contribution in [-0.4, -0.2) is 18.2 Å². The molecule has 0 saturated heterocycles. The van der Waals surface area contributed by atoms with E-state index in [1.54, 1.807) is 32.0 Å². The number of furan rings is 1. The van der Waals surface area contributed by atoms with Gasteiger partial charge in [0, 0.05) is 5.71 Å². The van der Waals surface area contributed by atoms with Crippen molar-refractivity contribution in [2.24, 2.45) is 5.10 Å². The van der Waals surface area contributed by atoms with Crippen molar-refractivity contribution in [1.29, 1.82) is 0 Å². The van der Waals surface area contributed by atoms with Gasteiger partial charge in [0.2, 0.25) is 0 Å². The molecule has 1 N–H and O–H groups in total. The molecule has 1 aromatic carbocycles. The molecule has 1 heterocycles. The number of hydrogen-bond acceptors (Lipinski definition) is 4. The van der Waals surface area contributed by atoms with E-state index in [2.05, 4.69) is 15.3 Å². The predicted octanol–water partition coefficient (Wildman–Crippen LogP) is 4.24. The third kappa shape index (κ3) is 5.70. The van der Waals surface area contributed by atoms with Gasteiger partial charge >= 0.3 is 6.61 Å². The van der Waals surface area contributed by atoms with Crippen LogP contribution in [0.3, 0.4) is 0 Å². The number of nitrogens with one attached hydrogen (secondary N) is 1. The number of amides is 1. The number of alkyl halides is 2. The summed E-state index contributed by atoms with van der Waals surface area (Å²) in [4.78, 5) is 12.0. The third-order valence-electron chi connectivity index (χ3n) is 3.56. The van der Waals surface area contributed by atoms with Crippen molar-refractivity contribution in [1.82, 2.24) is 5.43 Å². The highest BCUT2D eigenvalue weighted by molar-refractivity contribution is 5.96. The lowest BCUT2D eigenvalue weighted by Gasteiger charge is -2.06. The van der Waals surface area contributed by atoms with E-state index in [1.807, 2.05) is 6.92 Å². The monoisotopic (exact) mass is 350 g/mol. The number of carbonyl (C=O) groups excluding carboxylic acids is 1. The van der Waals surface area contributed by atoms with Crippen LogP contribution in [-0.2, 0) is 6.42 Å². The van der Waals surface area contributed by atoms with Gasteiger partial charge in [-0.15, -0.1) is 0 Å². The number of hydrogen-bond donors (Lipinski definition) is 1. The quantitative estimate of drug-likeness (QED) is 0.600. The molecule has 0 spiro atoms. The van der Waals surface area contributed by atoms with E-state index in [1.165, 1.54) is 12.1 Å². The molecule has 0 fully saturated rings. The van der Waals surface area contributed by atoms with Crippen LogP contribution in [0.1, 0.15) is 40.8 Å². The first-order valence-corrected chi connectivity index (χ1v) is 7.79. The van der Waals surface area contributed by atoms with E-state index in [4.69, 9.17) is 4.42 Å². The summed E-state index contributed by atoms with van der Waals surface area (Å²) in [7, 11) is 0. The number of aryl methyl sites for hydroxylation is 3. The molecule has 0 aliphatic heterocycles. The fourth-order valence-electron chi connectivity index (χ4n) is 2.28. The van der Waals surface area contributed by atoms with E-state index >= 15 is 0 Å². The third-order valence-corrected chi connectivity index (χ3v) is 3.56. The average Bonchev–Trinajstić information content (AvgIpc) is 2.90. The molecule has 0 aliphatic carbocycles. The number of nitrogens with zero attached hydrogens (tertiary/aromatic N) is 1. The van der Waals surface area contributed by atoms with E-state index in [9.17, 15) is 13.6 Å². The summed E-state index contributed by atoms with van der Waals surface area (Å²) in [5.41, 5.74) is 4.68. The van der Waals surface area contributed by atoms with Gasteiger partial charge in [0.15, 0.2) is 0 Å². The molecule has 134 valence electrons. The number of hydrazone groups is 1. The predicted molar refractivity (Wildman–Crippen MR) is 90.2 cm³/mol. The Morgan fingerprint density at radius 3 is 2.52 bits per heavy atom. The van der Waals surface area contributed by atoms with Crippen molar-refractivity contribution in [3.05, 3.63) is 53.0 Å². The Kier molecular flexibility index (Phi) is 6.27. The average molecular weight is 350 g/mol. The molecule has 2 aromatic rings. The lowest BCUT2D eigenvalue weighted by Crippen LogP contribution is -2.19. The largest absolute Gasteiger partial charge is 0.466 e. The van der Waals surface area contributed by atoms with Gasteiger partial charge in [-0.05, 0) is 57.4 Å². The normalized spacial score (nSPS) is 11.7. The van der Waals surface area contributed by atoms with Gasteiger partial charge in [-0.3, -0.25) is 4.79 Å². The second-order valence-electron chi connectivity index (χ2n) is 5.64. The lowest BCUT2D eigenvalue weighted by atomic mass is 10.1. The van der Waals surface area contributed by atoms with E-state index in [-0.39, 0.29) is 11.7 Å². The molecule has 1 aromatic heterocycles. The Hall–Kier alpha value is -2.70. The molecule has 25 heavy (non-hydrogen) atoms. The summed E-state index contributed by atoms with van der Waals surface area (Å²) >= 11 is 0. The van der Waals surface area contributed by atoms with Gasteiger partial charge in [0.1, 0.15) is 17.3 Å². The van der Waals surface area contributed by atoms with Crippen molar-refractivity contribution in [2.75, 3.05) is 0 Å². The SMILES string of the molecule is C/C(CCc1ccc(OC(F)F)cc1)=N/NC(=O)c1cc(C)oc1C. The summed E-state index contributed by atoms with van der Waals surface area (Å²) in [5, 5.41) is 4.07. The zero-order valence-corrected chi connectivity index (χ0v) is 14.3. The van der Waals surface area contributed by atoms with Gasteiger partial charge in [-0.1, -0.05) is 12.1 Å². The van der Waals surface area contributed by atoms with Crippen molar-refractivity contribution in [3.8, 4) is 5.75 Å². The minimum absolute atomic E-state index is 0.127. The van der Waals surface area contributed by atoms with Crippen molar-refractivity contribution < 1.29 is 22.7 Å². The fraction of sp³-hybridized carbons (Fsp3) is 0.333. The van der Waals surface area contributed by atoms with Crippen molar-refractivity contribution in [3.63, 3.8) is 0 Å². The number of rotatable bonds is 7. The highest BCUT2D eigenvalue weighted by Gasteiger charge is 2.12. The first kappa shape index (κ1) is 18.6. The highest BCUT2D eigenvalue weighted by atomic mass is 19.3. The summed E-state index contributed by atoms with van der Waals surface area (Å²) in [5.74, 6) is 1.03. The zero-order valence-electron chi connectivity index (χ0n) is 14.3. The van der Waals surface area contributed by atoms with E-state index in [0.29, 0.717) is 29.9 Å². The zero-order chi connectivity index (χ0) is 18.4. The molecule has 7 heteroatoms. The van der Waals surface area contributed by atoms with Gasteiger partial charge in [-0.25, -0.2) is 5.43 Å². The summed E-state index contributed by atoms with van der Waals surface area (Å²) < 4.78 is 33.8. The molecule has 2 rings (SSSR count). The smallest absolute Gasteiger partial charge is 0.387 e. The maximum Gasteiger partial charge on any atom is 0.387 e. The van der Waals surface area contributed by atoms with Gasteiger partial charge < -0.3 is 9.15 Å². The summed E-state index contributed by atoms with van der Waals surface area (Å²) in [6, 6.07) is 8.11. The van der Waals surface area contributed by atoms with Crippen molar-refractivity contribution >= 4 is 11.6 Å². The van der Waals surface area contributed by atoms with Crippen molar-refractivity contribution in [2.45, 2.75) is 40.2 Å². The number of halogens is 2. The van der Waals surface area contributed by atoms with E-state index in [0.717, 1.165) is 11.3 Å². The molecule has 0 saturated carbocycles. The minimum atomic E-state index is -2.83. The van der Waals surface area contributed by atoms with Gasteiger partial charge in [0.25, 0.3) is 5.91 Å². The lowest BCUT2D eigenvalue weighted by molar-refractivity contribution is -0.0498. The Morgan fingerprint density at radius 1 is 1.28 bits per heavy atom. The topological polar surface area (TPSA) is 63.8 Å². The molecule has 0 unspecified atom stereocenters. The van der Waals surface area contributed by atoms with Crippen LogP contribution >= 0.6 is 0 Å². The standard InChI is InChI=1S/C18H20F2N2O3/c1-11(21-22-17(23)16-10-12(2)24-13(16)3)4-5-14-6-8-15(9-7-14)25-18(19)20/h6-10,18H,4-5H2,1-3H3,(H,22,23)/b21-11-. The number of benzene rings is 1. The molecule has 0 aliphatic rings. The first-order chi connectivity index (χ1) is 11.8. The van der Waals surface area contributed by atoms with E-state index < -0.39 is 6.61 Å². The van der Waals surface area contributed by atoms with Crippen LogP contribution in [0, 0.1) is 13.8 Å². The number of ether oxygens (including phenoxy) is 1. The highest BCUT2D eigenvalue weighted by Crippen LogP contribution is 2.16. The molecule has 1 amide bonds. The second-order valence-corrected chi connectivity index (χ2v) is 5.64. The summed E-state index contributed by atoms with van der Waals surface area (Å²) in [6.07, 6.45) is 1.29. The Balaban J connectivity index is 1.85. The Morgan fingerprint density at radius 2 is 1.96 bits per heavy atom. The van der Waals surface area contributed by atoms with Crippen LogP contribution in [0.4, 0.5) is 8.78 Å². The fourth-order valence-corrected chi connectivity index (χ4v) is 2.28. The number of carbonyl (C=O) groups is 1.